The third kappa shape index (κ3) is 2.47. The quantitative estimate of drug-likeness (QED) is 0.857. The van der Waals surface area contributed by atoms with Crippen molar-refractivity contribution in [3.8, 4) is 0 Å². The number of thiophene rings is 1. The Labute approximate surface area is 101 Å². The summed E-state index contributed by atoms with van der Waals surface area (Å²) in [6, 6.07) is 4.12. The van der Waals surface area contributed by atoms with Crippen molar-refractivity contribution in [2.75, 3.05) is 6.61 Å². The second kappa shape index (κ2) is 5.30. The predicted octanol–water partition coefficient (Wildman–Crippen LogP) is 3.00. The number of hydrogen-bond acceptors (Lipinski definition) is 3. The van der Waals surface area contributed by atoms with E-state index in [9.17, 15) is 5.11 Å². The maximum absolute atomic E-state index is 10.4. The standard InChI is InChI=1S/C13H20O2S/c1-2-15-13(7-3-4-8-13)12(14)10-11-6-5-9-16-11/h5-6,9,12,14H,2-4,7-8,10H2,1H3. The van der Waals surface area contributed by atoms with Gasteiger partial charge >= 0.3 is 0 Å². The van der Waals surface area contributed by atoms with E-state index in [1.54, 1.807) is 11.3 Å². The van der Waals surface area contributed by atoms with E-state index in [1.165, 1.54) is 17.7 Å². The molecule has 1 aliphatic rings. The second-order valence-corrected chi connectivity index (χ2v) is 5.54. The molecule has 0 saturated heterocycles. The third-order valence-electron chi connectivity index (χ3n) is 3.46. The third-order valence-corrected chi connectivity index (χ3v) is 4.36. The van der Waals surface area contributed by atoms with Crippen molar-refractivity contribution in [1.29, 1.82) is 0 Å². The Morgan fingerprint density at radius 3 is 2.81 bits per heavy atom. The van der Waals surface area contributed by atoms with Crippen molar-refractivity contribution in [3.05, 3.63) is 22.4 Å². The fourth-order valence-electron chi connectivity index (χ4n) is 2.64. The summed E-state index contributed by atoms with van der Waals surface area (Å²) in [5.74, 6) is 0. The van der Waals surface area contributed by atoms with E-state index in [-0.39, 0.29) is 11.7 Å². The van der Waals surface area contributed by atoms with Crippen LogP contribution in [0.3, 0.4) is 0 Å². The van der Waals surface area contributed by atoms with Crippen molar-refractivity contribution < 1.29 is 9.84 Å². The average molecular weight is 240 g/mol. The SMILES string of the molecule is CCOC1(C(O)Cc2cccs2)CCCC1. The van der Waals surface area contributed by atoms with Crippen LogP contribution in [-0.2, 0) is 11.2 Å². The maximum Gasteiger partial charge on any atom is 0.0943 e. The Morgan fingerprint density at radius 2 is 2.25 bits per heavy atom. The Morgan fingerprint density at radius 1 is 1.50 bits per heavy atom. The molecular weight excluding hydrogens is 220 g/mol. The zero-order valence-corrected chi connectivity index (χ0v) is 10.6. The van der Waals surface area contributed by atoms with Crippen LogP contribution in [0.15, 0.2) is 17.5 Å². The van der Waals surface area contributed by atoms with Crippen LogP contribution >= 0.6 is 11.3 Å². The van der Waals surface area contributed by atoms with Gasteiger partial charge in [-0.15, -0.1) is 11.3 Å². The molecule has 0 aliphatic heterocycles. The van der Waals surface area contributed by atoms with Gasteiger partial charge in [0.25, 0.3) is 0 Å². The van der Waals surface area contributed by atoms with E-state index < -0.39 is 0 Å². The molecule has 0 spiro atoms. The first-order chi connectivity index (χ1) is 7.77. The summed E-state index contributed by atoms with van der Waals surface area (Å²) in [5, 5.41) is 12.4. The zero-order valence-electron chi connectivity index (χ0n) is 9.82. The first-order valence-corrected chi connectivity index (χ1v) is 6.99. The number of rotatable bonds is 5. The van der Waals surface area contributed by atoms with Gasteiger partial charge in [-0.25, -0.2) is 0 Å². The number of hydrogen-bond donors (Lipinski definition) is 1. The molecule has 0 aromatic carbocycles. The molecular formula is C13H20O2S. The molecule has 2 rings (SSSR count). The molecule has 1 aromatic heterocycles. The first-order valence-electron chi connectivity index (χ1n) is 6.11. The molecule has 0 radical (unpaired) electrons. The van der Waals surface area contributed by atoms with Gasteiger partial charge < -0.3 is 9.84 Å². The van der Waals surface area contributed by atoms with E-state index in [0.29, 0.717) is 6.61 Å². The Kier molecular flexibility index (Phi) is 4.00. The van der Waals surface area contributed by atoms with Gasteiger partial charge in [0.05, 0.1) is 11.7 Å². The van der Waals surface area contributed by atoms with Crippen molar-refractivity contribution in [2.24, 2.45) is 0 Å². The van der Waals surface area contributed by atoms with Crippen LogP contribution in [0.25, 0.3) is 0 Å². The summed E-state index contributed by atoms with van der Waals surface area (Å²) in [4.78, 5) is 1.25. The smallest absolute Gasteiger partial charge is 0.0943 e. The lowest BCUT2D eigenvalue weighted by Gasteiger charge is -2.34. The number of aliphatic hydroxyl groups excluding tert-OH is 1. The topological polar surface area (TPSA) is 29.5 Å². The summed E-state index contributed by atoms with van der Waals surface area (Å²) < 4.78 is 5.86. The van der Waals surface area contributed by atoms with E-state index in [1.807, 2.05) is 13.0 Å². The van der Waals surface area contributed by atoms with E-state index in [2.05, 4.69) is 11.4 Å². The molecule has 0 bridgehead atoms. The normalized spacial score (nSPS) is 21.1. The lowest BCUT2D eigenvalue weighted by atomic mass is 9.91. The van der Waals surface area contributed by atoms with Gasteiger partial charge in [0.15, 0.2) is 0 Å². The van der Waals surface area contributed by atoms with Crippen molar-refractivity contribution in [1.82, 2.24) is 0 Å². The Balaban J connectivity index is 2.02. The van der Waals surface area contributed by atoms with Crippen molar-refractivity contribution in [3.63, 3.8) is 0 Å². The van der Waals surface area contributed by atoms with Gasteiger partial charge in [-0.05, 0) is 31.2 Å². The summed E-state index contributed by atoms with van der Waals surface area (Å²) in [6.45, 7) is 2.71. The molecule has 1 atom stereocenters. The molecule has 0 amide bonds. The Bertz CT molecular complexity index is 302. The second-order valence-electron chi connectivity index (χ2n) is 4.50. The van der Waals surface area contributed by atoms with Gasteiger partial charge in [-0.2, -0.15) is 0 Å². The molecule has 1 aliphatic carbocycles. The predicted molar refractivity (Wildman–Crippen MR) is 66.9 cm³/mol. The fourth-order valence-corrected chi connectivity index (χ4v) is 3.38. The molecule has 90 valence electrons. The van der Waals surface area contributed by atoms with Crippen LogP contribution in [0.1, 0.15) is 37.5 Å². The Hall–Kier alpha value is -0.380. The van der Waals surface area contributed by atoms with E-state index >= 15 is 0 Å². The summed E-state index contributed by atoms with van der Waals surface area (Å²) in [6.07, 6.45) is 4.76. The van der Waals surface area contributed by atoms with Crippen LogP contribution < -0.4 is 0 Å². The molecule has 1 heterocycles. The lowest BCUT2D eigenvalue weighted by molar-refractivity contribution is -0.115. The van der Waals surface area contributed by atoms with Crippen LogP contribution in [0.5, 0.6) is 0 Å². The van der Waals surface area contributed by atoms with E-state index in [4.69, 9.17) is 4.74 Å². The monoisotopic (exact) mass is 240 g/mol. The average Bonchev–Trinajstić information content (AvgIpc) is 2.89. The number of aliphatic hydroxyl groups is 1. The molecule has 1 aromatic rings. The van der Waals surface area contributed by atoms with Gasteiger partial charge in [0.1, 0.15) is 0 Å². The fraction of sp³-hybridized carbons (Fsp3) is 0.692. The molecule has 1 unspecified atom stereocenters. The molecule has 1 fully saturated rings. The first kappa shape index (κ1) is 12.1. The summed E-state index contributed by atoms with van der Waals surface area (Å²) in [5.41, 5.74) is -0.265. The highest BCUT2D eigenvalue weighted by molar-refractivity contribution is 7.09. The van der Waals surface area contributed by atoms with Gasteiger partial charge in [-0.3, -0.25) is 0 Å². The number of ether oxygens (including phenoxy) is 1. The van der Waals surface area contributed by atoms with Crippen LogP contribution in [0, 0.1) is 0 Å². The van der Waals surface area contributed by atoms with Crippen LogP contribution in [0.4, 0.5) is 0 Å². The van der Waals surface area contributed by atoms with Crippen LogP contribution in [-0.4, -0.2) is 23.4 Å². The molecule has 1 saturated carbocycles. The minimum atomic E-state index is -0.353. The minimum Gasteiger partial charge on any atom is -0.390 e. The van der Waals surface area contributed by atoms with Gasteiger partial charge in [0.2, 0.25) is 0 Å². The van der Waals surface area contributed by atoms with E-state index in [0.717, 1.165) is 19.3 Å². The maximum atomic E-state index is 10.4. The highest BCUT2D eigenvalue weighted by Crippen LogP contribution is 2.37. The zero-order chi connectivity index (χ0) is 11.4. The van der Waals surface area contributed by atoms with Crippen molar-refractivity contribution >= 4 is 11.3 Å². The van der Waals surface area contributed by atoms with Crippen LogP contribution in [0.2, 0.25) is 0 Å². The van der Waals surface area contributed by atoms with Gasteiger partial charge in [0, 0.05) is 17.9 Å². The summed E-state index contributed by atoms with van der Waals surface area (Å²) in [7, 11) is 0. The van der Waals surface area contributed by atoms with Gasteiger partial charge in [-0.1, -0.05) is 18.9 Å². The summed E-state index contributed by atoms with van der Waals surface area (Å²) >= 11 is 1.71. The highest BCUT2D eigenvalue weighted by Gasteiger charge is 2.41. The lowest BCUT2D eigenvalue weighted by Crippen LogP contribution is -2.43. The molecule has 1 N–H and O–H groups in total. The largest absolute Gasteiger partial charge is 0.390 e. The molecule has 2 nitrogen and oxygen atoms in total. The highest BCUT2D eigenvalue weighted by atomic mass is 32.1. The van der Waals surface area contributed by atoms with Crippen molar-refractivity contribution in [2.45, 2.75) is 50.7 Å². The molecule has 3 heteroatoms. The minimum absolute atomic E-state index is 0.265. The molecule has 16 heavy (non-hydrogen) atoms.